The van der Waals surface area contributed by atoms with Crippen molar-refractivity contribution in [3.63, 3.8) is 0 Å². The number of nitrogens with one attached hydrogen (secondary N) is 1. The van der Waals surface area contributed by atoms with Crippen LogP contribution in [-0.4, -0.2) is 60.7 Å². The standard InChI is InChI=1S/C26H26N4O5/c1-6-28(4)25(33)15(2)27-24(32)16(3)30-13-20-18(8-7-9-19(20)26(30)34)17-10-11-22-21(12-17)29(5)23(31)14-35-22/h7-12H,2-3,6,13-14H2,1,4-5H3,(H,27,32). The minimum atomic E-state index is -0.679. The van der Waals surface area contributed by atoms with Crippen molar-refractivity contribution in [2.24, 2.45) is 0 Å². The summed E-state index contributed by atoms with van der Waals surface area (Å²) in [5, 5.41) is 2.44. The zero-order valence-electron chi connectivity index (χ0n) is 19.9. The van der Waals surface area contributed by atoms with Crippen molar-refractivity contribution in [3.05, 3.63) is 72.1 Å². The summed E-state index contributed by atoms with van der Waals surface area (Å²) < 4.78 is 5.51. The molecule has 0 unspecified atom stereocenters. The van der Waals surface area contributed by atoms with E-state index in [1.54, 1.807) is 44.1 Å². The molecule has 1 N–H and O–H groups in total. The molecule has 9 heteroatoms. The van der Waals surface area contributed by atoms with E-state index in [2.05, 4.69) is 18.5 Å². The Balaban J connectivity index is 1.59. The van der Waals surface area contributed by atoms with Crippen LogP contribution in [-0.2, 0) is 20.9 Å². The van der Waals surface area contributed by atoms with Crippen molar-refractivity contribution >= 4 is 29.3 Å². The highest BCUT2D eigenvalue weighted by atomic mass is 16.5. The van der Waals surface area contributed by atoms with Gasteiger partial charge >= 0.3 is 0 Å². The number of carbonyl (C=O) groups is 4. The van der Waals surface area contributed by atoms with E-state index in [0.29, 0.717) is 23.5 Å². The van der Waals surface area contributed by atoms with E-state index in [0.717, 1.165) is 16.7 Å². The molecule has 2 aromatic carbocycles. The molecule has 35 heavy (non-hydrogen) atoms. The maximum absolute atomic E-state index is 13.1. The van der Waals surface area contributed by atoms with Crippen LogP contribution in [0.2, 0.25) is 0 Å². The lowest BCUT2D eigenvalue weighted by Crippen LogP contribution is -2.39. The number of hydrogen-bond acceptors (Lipinski definition) is 5. The van der Waals surface area contributed by atoms with E-state index in [1.165, 1.54) is 9.80 Å². The van der Waals surface area contributed by atoms with Gasteiger partial charge in [-0.25, -0.2) is 0 Å². The predicted molar refractivity (Wildman–Crippen MR) is 130 cm³/mol. The van der Waals surface area contributed by atoms with Gasteiger partial charge in [-0.1, -0.05) is 31.4 Å². The van der Waals surface area contributed by atoms with Gasteiger partial charge in [-0.15, -0.1) is 0 Å². The number of fused-ring (bicyclic) bond motifs is 2. The zero-order valence-corrected chi connectivity index (χ0v) is 19.9. The van der Waals surface area contributed by atoms with Gasteiger partial charge in [0.1, 0.15) is 11.4 Å². The van der Waals surface area contributed by atoms with E-state index in [1.807, 2.05) is 18.2 Å². The van der Waals surface area contributed by atoms with Crippen LogP contribution >= 0.6 is 0 Å². The first-order valence-corrected chi connectivity index (χ1v) is 11.1. The molecule has 2 aliphatic heterocycles. The molecule has 2 aliphatic rings. The molecule has 4 amide bonds. The number of ether oxygens (including phenoxy) is 1. The Kier molecular flexibility index (Phi) is 6.17. The van der Waals surface area contributed by atoms with Gasteiger partial charge in [-0.3, -0.25) is 24.1 Å². The molecule has 2 aromatic rings. The van der Waals surface area contributed by atoms with Crippen LogP contribution in [0.15, 0.2) is 61.0 Å². The van der Waals surface area contributed by atoms with Crippen molar-refractivity contribution in [2.75, 3.05) is 32.1 Å². The van der Waals surface area contributed by atoms with Crippen molar-refractivity contribution in [3.8, 4) is 16.9 Å². The first kappa shape index (κ1) is 23.7. The van der Waals surface area contributed by atoms with Crippen LogP contribution in [0.5, 0.6) is 5.75 Å². The van der Waals surface area contributed by atoms with E-state index < -0.39 is 11.8 Å². The third kappa shape index (κ3) is 4.16. The van der Waals surface area contributed by atoms with E-state index in [4.69, 9.17) is 4.74 Å². The monoisotopic (exact) mass is 474 g/mol. The minimum Gasteiger partial charge on any atom is -0.482 e. The Morgan fingerprint density at radius 3 is 2.57 bits per heavy atom. The maximum Gasteiger partial charge on any atom is 0.271 e. The lowest BCUT2D eigenvalue weighted by molar-refractivity contribution is -0.128. The number of carbonyl (C=O) groups excluding carboxylic acids is 4. The molecule has 0 saturated heterocycles. The summed E-state index contributed by atoms with van der Waals surface area (Å²) in [4.78, 5) is 54.4. The fourth-order valence-electron chi connectivity index (χ4n) is 4.02. The van der Waals surface area contributed by atoms with Crippen LogP contribution < -0.4 is 15.0 Å². The Hall–Kier alpha value is -4.40. The van der Waals surface area contributed by atoms with Gasteiger partial charge in [0.05, 0.1) is 17.9 Å². The van der Waals surface area contributed by atoms with Gasteiger partial charge < -0.3 is 19.9 Å². The summed E-state index contributed by atoms with van der Waals surface area (Å²) in [7, 11) is 3.28. The summed E-state index contributed by atoms with van der Waals surface area (Å²) in [5.41, 5.74) is 3.24. The summed E-state index contributed by atoms with van der Waals surface area (Å²) in [6.45, 7) is 9.80. The molecule has 0 fully saturated rings. The maximum atomic E-state index is 13.1. The Morgan fingerprint density at radius 2 is 1.86 bits per heavy atom. The second-order valence-corrected chi connectivity index (χ2v) is 8.35. The third-order valence-electron chi connectivity index (χ3n) is 6.26. The molecule has 0 aliphatic carbocycles. The fraction of sp³-hybridized carbons (Fsp3) is 0.231. The number of likely N-dealkylation sites (N-methyl/N-ethyl adjacent to an activating group) is 2. The molecule has 0 radical (unpaired) electrons. The third-order valence-corrected chi connectivity index (χ3v) is 6.26. The Morgan fingerprint density at radius 1 is 1.14 bits per heavy atom. The predicted octanol–water partition coefficient (Wildman–Crippen LogP) is 2.29. The number of rotatable bonds is 6. The number of anilines is 1. The van der Waals surface area contributed by atoms with Crippen LogP contribution in [0.4, 0.5) is 5.69 Å². The van der Waals surface area contributed by atoms with Gasteiger partial charge in [0.2, 0.25) is 0 Å². The molecule has 0 saturated carbocycles. The summed E-state index contributed by atoms with van der Waals surface area (Å²) in [6.07, 6.45) is 0. The van der Waals surface area contributed by atoms with Crippen LogP contribution in [0.25, 0.3) is 11.1 Å². The second kappa shape index (κ2) is 9.09. The summed E-state index contributed by atoms with van der Waals surface area (Å²) >= 11 is 0. The lowest BCUT2D eigenvalue weighted by atomic mass is 9.96. The van der Waals surface area contributed by atoms with E-state index in [-0.39, 0.29) is 36.4 Å². The van der Waals surface area contributed by atoms with Gasteiger partial charge in [0.15, 0.2) is 6.61 Å². The van der Waals surface area contributed by atoms with Crippen molar-refractivity contribution < 1.29 is 23.9 Å². The number of hydrogen-bond donors (Lipinski definition) is 1. The van der Waals surface area contributed by atoms with Gasteiger partial charge in [0.25, 0.3) is 23.6 Å². The van der Waals surface area contributed by atoms with Crippen LogP contribution in [0.1, 0.15) is 22.8 Å². The number of nitrogens with zero attached hydrogens (tertiary/aromatic N) is 3. The van der Waals surface area contributed by atoms with Crippen molar-refractivity contribution in [2.45, 2.75) is 13.5 Å². The second-order valence-electron chi connectivity index (χ2n) is 8.35. The highest BCUT2D eigenvalue weighted by Crippen LogP contribution is 2.39. The number of benzene rings is 2. The first-order valence-electron chi connectivity index (χ1n) is 11.1. The highest BCUT2D eigenvalue weighted by Gasteiger charge is 2.34. The average Bonchev–Trinajstić information content (AvgIpc) is 3.21. The van der Waals surface area contributed by atoms with Crippen molar-refractivity contribution in [1.29, 1.82) is 0 Å². The van der Waals surface area contributed by atoms with Crippen molar-refractivity contribution in [1.82, 2.24) is 15.1 Å². The molecule has 9 nitrogen and oxygen atoms in total. The van der Waals surface area contributed by atoms with Crippen LogP contribution in [0, 0.1) is 0 Å². The SMILES string of the molecule is C=C(NC(=O)C(=C)N1Cc2c(cccc2-c2ccc3c(c2)N(C)C(=O)CO3)C1=O)C(=O)N(C)CC. The molecule has 0 spiro atoms. The molecular weight excluding hydrogens is 448 g/mol. The average molecular weight is 475 g/mol. The van der Waals surface area contributed by atoms with Crippen LogP contribution in [0.3, 0.4) is 0 Å². The number of amides is 4. The molecule has 2 heterocycles. The van der Waals surface area contributed by atoms with Gasteiger partial charge in [-0.05, 0) is 41.8 Å². The molecule has 180 valence electrons. The fourth-order valence-corrected chi connectivity index (χ4v) is 4.02. The normalized spacial score (nSPS) is 14.1. The summed E-state index contributed by atoms with van der Waals surface area (Å²) in [6, 6.07) is 10.9. The molecule has 0 atom stereocenters. The zero-order chi connectivity index (χ0) is 25.4. The quantitative estimate of drug-likeness (QED) is 0.648. The first-order chi connectivity index (χ1) is 16.6. The Labute approximate surface area is 203 Å². The molecular formula is C26H26N4O5. The van der Waals surface area contributed by atoms with Gasteiger partial charge in [-0.2, -0.15) is 0 Å². The largest absolute Gasteiger partial charge is 0.482 e. The Bertz CT molecular complexity index is 1300. The molecule has 0 bridgehead atoms. The lowest BCUT2D eigenvalue weighted by Gasteiger charge is -2.26. The highest BCUT2D eigenvalue weighted by molar-refractivity contribution is 6.08. The van der Waals surface area contributed by atoms with Gasteiger partial charge in [0, 0.05) is 26.2 Å². The summed E-state index contributed by atoms with van der Waals surface area (Å²) in [5.74, 6) is -1.01. The minimum absolute atomic E-state index is 0.00995. The topological polar surface area (TPSA) is 99.3 Å². The van der Waals surface area contributed by atoms with E-state index >= 15 is 0 Å². The smallest absolute Gasteiger partial charge is 0.271 e. The van der Waals surface area contributed by atoms with E-state index in [9.17, 15) is 19.2 Å². The molecule has 4 rings (SSSR count). The molecule has 0 aromatic heterocycles.